The van der Waals surface area contributed by atoms with Gasteiger partial charge >= 0.3 is 0 Å². The highest BCUT2D eigenvalue weighted by Crippen LogP contribution is 2.36. The van der Waals surface area contributed by atoms with Crippen molar-refractivity contribution >= 4 is 5.91 Å². The zero-order chi connectivity index (χ0) is 18.1. The molecular formula is C18H18N4O4. The van der Waals surface area contributed by atoms with Crippen molar-refractivity contribution in [1.82, 2.24) is 20.7 Å². The van der Waals surface area contributed by atoms with Gasteiger partial charge in [-0.2, -0.15) is 0 Å². The van der Waals surface area contributed by atoms with Crippen molar-refractivity contribution in [2.75, 3.05) is 0 Å². The standard InChI is InChI=1S/C18H18N4O4/c1-10(23)17-20-21-18(25-17)12-7-13(8-12)19-16(24)14-9-15(26-22-14)11-5-3-2-4-6-11/h2-6,9-10,12-13,23H,7-8H2,1H3,(H,19,24). The lowest BCUT2D eigenvalue weighted by Gasteiger charge is -2.33. The summed E-state index contributed by atoms with van der Waals surface area (Å²) >= 11 is 0. The van der Waals surface area contributed by atoms with Gasteiger partial charge in [0.1, 0.15) is 6.10 Å². The molecule has 1 saturated carbocycles. The number of nitrogens with zero attached hydrogens (tertiary/aromatic N) is 3. The fourth-order valence-corrected chi connectivity index (χ4v) is 2.90. The first-order valence-corrected chi connectivity index (χ1v) is 8.44. The Morgan fingerprint density at radius 3 is 2.73 bits per heavy atom. The molecule has 1 fully saturated rings. The van der Waals surface area contributed by atoms with Crippen molar-refractivity contribution in [3.63, 3.8) is 0 Å². The first-order valence-electron chi connectivity index (χ1n) is 8.44. The molecule has 0 bridgehead atoms. The van der Waals surface area contributed by atoms with Crippen LogP contribution in [0.2, 0.25) is 0 Å². The number of hydrogen-bond donors (Lipinski definition) is 2. The van der Waals surface area contributed by atoms with Crippen molar-refractivity contribution in [3.8, 4) is 11.3 Å². The predicted molar refractivity (Wildman–Crippen MR) is 90.1 cm³/mol. The molecule has 1 aliphatic rings. The van der Waals surface area contributed by atoms with Gasteiger partial charge in [0.25, 0.3) is 5.91 Å². The molecule has 1 unspecified atom stereocenters. The molecule has 8 heteroatoms. The van der Waals surface area contributed by atoms with E-state index in [4.69, 9.17) is 8.94 Å². The molecule has 1 aromatic carbocycles. The maximum atomic E-state index is 12.3. The van der Waals surface area contributed by atoms with Crippen LogP contribution in [0.25, 0.3) is 11.3 Å². The van der Waals surface area contributed by atoms with Crippen molar-refractivity contribution in [1.29, 1.82) is 0 Å². The Balaban J connectivity index is 1.33. The minimum absolute atomic E-state index is 0.0197. The number of benzene rings is 1. The lowest BCUT2D eigenvalue weighted by atomic mass is 9.80. The molecule has 0 saturated heterocycles. The quantitative estimate of drug-likeness (QED) is 0.723. The molecule has 26 heavy (non-hydrogen) atoms. The Morgan fingerprint density at radius 2 is 2.04 bits per heavy atom. The van der Waals surface area contributed by atoms with Crippen LogP contribution in [0.4, 0.5) is 0 Å². The second-order valence-corrected chi connectivity index (χ2v) is 6.44. The molecule has 2 aromatic heterocycles. The Labute approximate surface area is 149 Å². The van der Waals surface area contributed by atoms with E-state index in [9.17, 15) is 9.90 Å². The first kappa shape index (κ1) is 16.5. The van der Waals surface area contributed by atoms with Crippen LogP contribution in [0.5, 0.6) is 0 Å². The van der Waals surface area contributed by atoms with Crippen molar-refractivity contribution in [2.45, 2.75) is 37.8 Å². The number of aliphatic hydroxyl groups is 1. The largest absolute Gasteiger partial charge is 0.422 e. The lowest BCUT2D eigenvalue weighted by Crippen LogP contribution is -2.43. The second-order valence-electron chi connectivity index (χ2n) is 6.44. The summed E-state index contributed by atoms with van der Waals surface area (Å²) in [6.07, 6.45) is 0.630. The molecule has 134 valence electrons. The van der Waals surface area contributed by atoms with Crippen LogP contribution in [0.1, 0.15) is 54.1 Å². The molecule has 0 aliphatic heterocycles. The van der Waals surface area contributed by atoms with E-state index in [1.165, 1.54) is 0 Å². The summed E-state index contributed by atoms with van der Waals surface area (Å²) in [7, 11) is 0. The van der Waals surface area contributed by atoms with Crippen LogP contribution < -0.4 is 5.32 Å². The van der Waals surface area contributed by atoms with E-state index in [2.05, 4.69) is 20.7 Å². The highest BCUT2D eigenvalue weighted by Gasteiger charge is 2.36. The van der Waals surface area contributed by atoms with Crippen LogP contribution in [-0.2, 0) is 0 Å². The molecule has 1 aliphatic carbocycles. The molecule has 0 radical (unpaired) electrons. The van der Waals surface area contributed by atoms with E-state index in [0.717, 1.165) is 5.56 Å². The molecule has 0 spiro atoms. The fraction of sp³-hybridized carbons (Fsp3) is 0.333. The summed E-state index contributed by atoms with van der Waals surface area (Å²) in [6, 6.07) is 11.1. The minimum atomic E-state index is -0.780. The molecule has 2 heterocycles. The topological polar surface area (TPSA) is 114 Å². The Morgan fingerprint density at radius 1 is 1.27 bits per heavy atom. The molecule has 2 N–H and O–H groups in total. The number of rotatable bonds is 5. The third-order valence-electron chi connectivity index (χ3n) is 4.44. The zero-order valence-corrected chi connectivity index (χ0v) is 14.1. The average molecular weight is 354 g/mol. The Bertz CT molecular complexity index is 897. The summed E-state index contributed by atoms with van der Waals surface area (Å²) < 4.78 is 10.7. The SMILES string of the molecule is CC(O)c1nnc(C2CC(NC(=O)c3cc(-c4ccccc4)on3)C2)o1. The van der Waals surface area contributed by atoms with E-state index < -0.39 is 6.10 Å². The monoisotopic (exact) mass is 354 g/mol. The molecular weight excluding hydrogens is 336 g/mol. The third-order valence-corrected chi connectivity index (χ3v) is 4.44. The lowest BCUT2D eigenvalue weighted by molar-refractivity contribution is 0.0892. The number of aromatic nitrogens is 3. The highest BCUT2D eigenvalue weighted by molar-refractivity contribution is 5.93. The van der Waals surface area contributed by atoms with Gasteiger partial charge in [-0.3, -0.25) is 4.79 Å². The smallest absolute Gasteiger partial charge is 0.273 e. The van der Waals surface area contributed by atoms with Gasteiger partial charge in [-0.1, -0.05) is 35.5 Å². The maximum absolute atomic E-state index is 12.3. The maximum Gasteiger partial charge on any atom is 0.273 e. The van der Waals surface area contributed by atoms with E-state index in [0.29, 0.717) is 24.5 Å². The normalized spacial score (nSPS) is 20.4. The minimum Gasteiger partial charge on any atom is -0.422 e. The van der Waals surface area contributed by atoms with E-state index in [1.807, 2.05) is 30.3 Å². The fourth-order valence-electron chi connectivity index (χ4n) is 2.90. The molecule has 8 nitrogen and oxygen atoms in total. The number of aliphatic hydroxyl groups excluding tert-OH is 1. The molecule has 3 aromatic rings. The number of carbonyl (C=O) groups excluding carboxylic acids is 1. The summed E-state index contributed by atoms with van der Waals surface area (Å²) in [5.41, 5.74) is 1.12. The number of hydrogen-bond acceptors (Lipinski definition) is 7. The predicted octanol–water partition coefficient (Wildman–Crippen LogP) is 2.45. The van der Waals surface area contributed by atoms with Gasteiger partial charge in [0.15, 0.2) is 11.5 Å². The van der Waals surface area contributed by atoms with Crippen molar-refractivity contribution < 1.29 is 18.8 Å². The Hall–Kier alpha value is -3.00. The van der Waals surface area contributed by atoms with Crippen LogP contribution in [0.3, 0.4) is 0 Å². The summed E-state index contributed by atoms with van der Waals surface area (Å²) in [5.74, 6) is 1.09. The van der Waals surface area contributed by atoms with Crippen LogP contribution in [0, 0.1) is 0 Å². The second kappa shape index (κ2) is 6.72. The van der Waals surface area contributed by atoms with Gasteiger partial charge in [0.2, 0.25) is 11.8 Å². The van der Waals surface area contributed by atoms with E-state index in [-0.39, 0.29) is 29.5 Å². The van der Waals surface area contributed by atoms with Crippen LogP contribution >= 0.6 is 0 Å². The van der Waals surface area contributed by atoms with Gasteiger partial charge in [-0.15, -0.1) is 10.2 Å². The first-order chi connectivity index (χ1) is 12.6. The number of nitrogens with one attached hydrogen (secondary N) is 1. The zero-order valence-electron chi connectivity index (χ0n) is 14.1. The van der Waals surface area contributed by atoms with Gasteiger partial charge < -0.3 is 19.4 Å². The van der Waals surface area contributed by atoms with Crippen molar-refractivity contribution in [3.05, 3.63) is 53.9 Å². The van der Waals surface area contributed by atoms with Crippen LogP contribution in [0.15, 0.2) is 45.3 Å². The van der Waals surface area contributed by atoms with Gasteiger partial charge in [0.05, 0.1) is 0 Å². The van der Waals surface area contributed by atoms with Crippen molar-refractivity contribution in [2.24, 2.45) is 0 Å². The summed E-state index contributed by atoms with van der Waals surface area (Å²) in [5, 5.41) is 24.0. The summed E-state index contributed by atoms with van der Waals surface area (Å²) in [6.45, 7) is 1.57. The number of carbonyl (C=O) groups is 1. The van der Waals surface area contributed by atoms with Gasteiger partial charge in [-0.05, 0) is 19.8 Å². The average Bonchev–Trinajstić information content (AvgIpc) is 3.28. The van der Waals surface area contributed by atoms with Gasteiger partial charge in [-0.25, -0.2) is 0 Å². The Kier molecular flexibility index (Phi) is 4.26. The molecule has 1 atom stereocenters. The van der Waals surface area contributed by atoms with E-state index in [1.54, 1.807) is 13.0 Å². The molecule has 4 rings (SSSR count). The molecule has 1 amide bonds. The van der Waals surface area contributed by atoms with Crippen LogP contribution in [-0.4, -0.2) is 32.4 Å². The summed E-state index contributed by atoms with van der Waals surface area (Å²) in [4.78, 5) is 12.3. The third kappa shape index (κ3) is 3.23. The highest BCUT2D eigenvalue weighted by atomic mass is 16.5. The van der Waals surface area contributed by atoms with Gasteiger partial charge in [0, 0.05) is 23.6 Å². The van der Waals surface area contributed by atoms with E-state index >= 15 is 0 Å². The number of amides is 1.